The Kier molecular flexibility index (Phi) is 7.99. The van der Waals surface area contributed by atoms with Crippen LogP contribution in [-0.4, -0.2) is 4.98 Å². The molecule has 172 valence electrons. The van der Waals surface area contributed by atoms with Crippen molar-refractivity contribution in [2.45, 2.75) is 89.9 Å². The summed E-state index contributed by atoms with van der Waals surface area (Å²) in [6, 6.07) is 17.7. The van der Waals surface area contributed by atoms with Gasteiger partial charge in [0.1, 0.15) is 5.41 Å². The molecule has 0 radical (unpaired) electrons. The van der Waals surface area contributed by atoms with E-state index in [0.717, 1.165) is 37.8 Å². The van der Waals surface area contributed by atoms with Crippen LogP contribution in [0.25, 0.3) is 10.4 Å². The number of benzene rings is 1. The molecule has 0 aliphatic heterocycles. The Bertz CT molecular complexity index is 1080. The van der Waals surface area contributed by atoms with Gasteiger partial charge in [-0.05, 0) is 73.1 Å². The molecule has 0 spiro atoms. The Morgan fingerprint density at radius 2 is 1.73 bits per heavy atom. The Balaban J connectivity index is 1.86. The quantitative estimate of drug-likeness (QED) is 0.272. The van der Waals surface area contributed by atoms with Gasteiger partial charge in [-0.2, -0.15) is 5.26 Å². The summed E-state index contributed by atoms with van der Waals surface area (Å²) in [7, 11) is 0. The second kappa shape index (κ2) is 11.1. The normalized spacial score (nSPS) is 17.1. The molecule has 0 bridgehead atoms. The van der Waals surface area contributed by atoms with Crippen LogP contribution in [0.5, 0.6) is 0 Å². The van der Waals surface area contributed by atoms with Crippen LogP contribution >= 0.6 is 11.3 Å². The van der Waals surface area contributed by atoms with Crippen LogP contribution < -0.4 is 0 Å². The molecule has 2 nitrogen and oxygen atoms in total. The van der Waals surface area contributed by atoms with Crippen molar-refractivity contribution < 1.29 is 0 Å². The molecule has 0 amide bonds. The molecule has 2 heterocycles. The van der Waals surface area contributed by atoms with Crippen LogP contribution in [0.3, 0.4) is 0 Å². The molecule has 0 fully saturated rings. The number of aryl methyl sites for hydroxylation is 1. The van der Waals surface area contributed by atoms with E-state index in [1.54, 1.807) is 0 Å². The van der Waals surface area contributed by atoms with Gasteiger partial charge in [0.2, 0.25) is 0 Å². The summed E-state index contributed by atoms with van der Waals surface area (Å²) >= 11 is 1.83. The predicted octanol–water partition coefficient (Wildman–Crippen LogP) is 8.23. The lowest BCUT2D eigenvalue weighted by Gasteiger charge is -2.24. The van der Waals surface area contributed by atoms with Gasteiger partial charge in [0, 0.05) is 16.1 Å². The molecular formula is C30H36N2S. The van der Waals surface area contributed by atoms with Crippen molar-refractivity contribution in [1.29, 1.82) is 5.26 Å². The van der Waals surface area contributed by atoms with Gasteiger partial charge in [-0.25, -0.2) is 0 Å². The lowest BCUT2D eigenvalue weighted by molar-refractivity contribution is 0.526. The lowest BCUT2D eigenvalue weighted by atomic mass is 9.79. The van der Waals surface area contributed by atoms with Gasteiger partial charge in [-0.3, -0.25) is 4.98 Å². The number of hydrogen-bond donors (Lipinski definition) is 0. The van der Waals surface area contributed by atoms with Crippen LogP contribution in [0.15, 0.2) is 47.8 Å². The van der Waals surface area contributed by atoms with Gasteiger partial charge in [0.15, 0.2) is 0 Å². The highest BCUT2D eigenvalue weighted by Crippen LogP contribution is 2.47. The first-order valence-corrected chi connectivity index (χ1v) is 13.6. The molecule has 3 aromatic rings. The van der Waals surface area contributed by atoms with Crippen LogP contribution in [-0.2, 0) is 31.1 Å². The number of rotatable bonds is 11. The third-order valence-corrected chi connectivity index (χ3v) is 8.00. The fraction of sp³-hybridized carbons (Fsp3) is 0.467. The number of thiophene rings is 1. The Morgan fingerprint density at radius 3 is 2.39 bits per heavy atom. The van der Waals surface area contributed by atoms with Crippen LogP contribution in [0.4, 0.5) is 0 Å². The maximum atomic E-state index is 10.5. The number of nitrogens with zero attached hydrogens (tertiary/aromatic N) is 2. The Labute approximate surface area is 203 Å². The number of unbranched alkanes of at least 4 members (excludes halogenated alkanes) is 4. The van der Waals surface area contributed by atoms with Crippen LogP contribution in [0.2, 0.25) is 0 Å². The summed E-state index contributed by atoms with van der Waals surface area (Å²) in [4.78, 5) is 6.73. The average Bonchev–Trinajstić information content (AvgIpc) is 3.49. The van der Waals surface area contributed by atoms with Crippen molar-refractivity contribution in [2.24, 2.45) is 0 Å². The summed E-state index contributed by atoms with van der Waals surface area (Å²) in [5, 5.41) is 12.7. The van der Waals surface area contributed by atoms with Gasteiger partial charge in [0.25, 0.3) is 0 Å². The first kappa shape index (κ1) is 23.7. The fourth-order valence-electron chi connectivity index (χ4n) is 5.36. The summed E-state index contributed by atoms with van der Waals surface area (Å²) in [5.41, 5.74) is 7.27. The van der Waals surface area contributed by atoms with Crippen molar-refractivity contribution in [3.63, 3.8) is 0 Å². The number of hydrogen-bond acceptors (Lipinski definition) is 3. The van der Waals surface area contributed by atoms with Crippen LogP contribution in [0, 0.1) is 11.3 Å². The average molecular weight is 457 g/mol. The van der Waals surface area contributed by atoms with E-state index in [4.69, 9.17) is 4.98 Å². The SMILES string of the molecule is CCCCCc1nc2c(c(-c3cccs3)c1CCCCC)CC[C@@]2(C#N)Cc1ccccc1. The van der Waals surface area contributed by atoms with E-state index in [9.17, 15) is 5.26 Å². The van der Waals surface area contributed by atoms with E-state index >= 15 is 0 Å². The molecule has 1 atom stereocenters. The van der Waals surface area contributed by atoms with Crippen molar-refractivity contribution in [3.05, 3.63) is 75.9 Å². The molecule has 0 N–H and O–H groups in total. The Hall–Kier alpha value is -2.44. The molecule has 1 aliphatic rings. The molecule has 33 heavy (non-hydrogen) atoms. The summed E-state index contributed by atoms with van der Waals surface area (Å²) < 4.78 is 0. The molecule has 0 unspecified atom stereocenters. The summed E-state index contributed by atoms with van der Waals surface area (Å²) in [6.45, 7) is 4.53. The number of nitriles is 1. The van der Waals surface area contributed by atoms with Gasteiger partial charge < -0.3 is 0 Å². The predicted molar refractivity (Wildman–Crippen MR) is 140 cm³/mol. The minimum atomic E-state index is -0.524. The van der Waals surface area contributed by atoms with E-state index in [2.05, 4.69) is 61.7 Å². The van der Waals surface area contributed by atoms with Gasteiger partial charge in [-0.1, -0.05) is 75.9 Å². The maximum Gasteiger partial charge on any atom is 0.104 e. The minimum Gasteiger partial charge on any atom is -0.256 e. The monoisotopic (exact) mass is 456 g/mol. The largest absolute Gasteiger partial charge is 0.256 e. The molecule has 0 saturated carbocycles. The zero-order valence-electron chi connectivity index (χ0n) is 20.2. The number of aromatic nitrogens is 1. The highest BCUT2D eigenvalue weighted by atomic mass is 32.1. The number of pyridine rings is 1. The third kappa shape index (κ3) is 5.07. The zero-order valence-corrected chi connectivity index (χ0v) is 21.0. The highest BCUT2D eigenvalue weighted by molar-refractivity contribution is 7.13. The van der Waals surface area contributed by atoms with E-state index in [1.165, 1.54) is 71.3 Å². The number of fused-ring (bicyclic) bond motifs is 1. The van der Waals surface area contributed by atoms with Crippen molar-refractivity contribution >= 4 is 11.3 Å². The molecule has 2 aromatic heterocycles. The fourth-order valence-corrected chi connectivity index (χ4v) is 6.19. The molecule has 0 saturated heterocycles. The Morgan fingerprint density at radius 1 is 0.970 bits per heavy atom. The van der Waals surface area contributed by atoms with Crippen LogP contribution in [0.1, 0.15) is 86.9 Å². The summed E-state index contributed by atoms with van der Waals surface area (Å²) in [5.74, 6) is 0. The molecular weight excluding hydrogens is 420 g/mol. The topological polar surface area (TPSA) is 36.7 Å². The standard InChI is InChI=1S/C30H36N2S/c1-3-5-8-15-24-26(16-9-6-4-2)32-29-25(28(24)27-17-12-20-33-27)18-19-30(29,22-31)21-23-13-10-7-11-14-23/h7,10-14,17,20H,3-6,8-9,15-16,18-19,21H2,1-2H3/t30-/m0/s1. The van der Waals surface area contributed by atoms with Crippen molar-refractivity contribution in [2.75, 3.05) is 0 Å². The van der Waals surface area contributed by atoms with E-state index < -0.39 is 5.41 Å². The molecule has 4 rings (SSSR count). The van der Waals surface area contributed by atoms with E-state index in [0.29, 0.717) is 0 Å². The second-order valence-corrected chi connectivity index (χ2v) is 10.4. The van der Waals surface area contributed by atoms with Gasteiger partial charge in [0.05, 0.1) is 11.8 Å². The third-order valence-electron chi connectivity index (χ3n) is 7.12. The molecule has 1 aliphatic carbocycles. The smallest absolute Gasteiger partial charge is 0.104 e. The second-order valence-electron chi connectivity index (χ2n) is 9.49. The highest BCUT2D eigenvalue weighted by Gasteiger charge is 2.43. The zero-order chi connectivity index (χ0) is 23.1. The maximum absolute atomic E-state index is 10.5. The molecule has 3 heteroatoms. The molecule has 1 aromatic carbocycles. The first-order chi connectivity index (χ1) is 16.2. The van der Waals surface area contributed by atoms with Gasteiger partial charge >= 0.3 is 0 Å². The first-order valence-electron chi connectivity index (χ1n) is 12.8. The van der Waals surface area contributed by atoms with Crippen molar-refractivity contribution in [3.8, 4) is 16.5 Å². The van der Waals surface area contributed by atoms with E-state index in [-0.39, 0.29) is 0 Å². The van der Waals surface area contributed by atoms with E-state index in [1.807, 2.05) is 17.4 Å². The van der Waals surface area contributed by atoms with Crippen molar-refractivity contribution in [1.82, 2.24) is 4.98 Å². The van der Waals surface area contributed by atoms with Gasteiger partial charge in [-0.15, -0.1) is 11.3 Å². The summed E-state index contributed by atoms with van der Waals surface area (Å²) in [6.07, 6.45) is 12.0. The lowest BCUT2D eigenvalue weighted by Crippen LogP contribution is -2.26. The minimum absolute atomic E-state index is 0.524.